The molecule has 5 nitrogen and oxygen atoms in total. The Morgan fingerprint density at radius 3 is 2.33 bits per heavy atom. The molecule has 1 aliphatic carbocycles. The first kappa shape index (κ1) is 26.5. The van der Waals surface area contributed by atoms with E-state index in [1.54, 1.807) is 0 Å². The summed E-state index contributed by atoms with van der Waals surface area (Å²) < 4.78 is 11.0. The predicted molar refractivity (Wildman–Crippen MR) is 204 cm³/mol. The molecule has 0 fully saturated rings. The molecule has 6 aromatic carbocycles. The Labute approximate surface area is 281 Å². The second-order valence-electron chi connectivity index (χ2n) is 13.0. The van der Waals surface area contributed by atoms with Gasteiger partial charge in [0.25, 0.3) is 0 Å². The summed E-state index contributed by atoms with van der Waals surface area (Å²) in [5.74, 6) is 0. The van der Waals surface area contributed by atoms with E-state index >= 15 is 0 Å². The predicted octanol–water partition coefficient (Wildman–Crippen LogP) is 10.7. The highest BCUT2D eigenvalue weighted by Crippen LogP contribution is 2.45. The molecule has 1 unspecified atom stereocenters. The largest absolute Gasteiger partial charge is 0.456 e. The van der Waals surface area contributed by atoms with Crippen molar-refractivity contribution in [2.24, 2.45) is 5.10 Å². The molecule has 11 rings (SSSR count). The van der Waals surface area contributed by atoms with E-state index in [4.69, 9.17) is 9.52 Å². The highest BCUT2D eigenvalue weighted by atomic mass is 16.3. The van der Waals surface area contributed by atoms with Crippen molar-refractivity contribution in [1.82, 2.24) is 14.6 Å². The molecule has 5 heteroatoms. The second-order valence-corrected chi connectivity index (χ2v) is 13.0. The van der Waals surface area contributed by atoms with Crippen LogP contribution >= 0.6 is 0 Å². The normalized spacial score (nSPS) is 16.8. The molecule has 9 aromatic rings. The molecule has 1 N–H and O–H groups in total. The number of hydrogen-bond donors (Lipinski definition) is 1. The molecule has 0 amide bonds. The van der Waals surface area contributed by atoms with Crippen molar-refractivity contribution in [3.05, 3.63) is 158 Å². The molecule has 1 aliphatic heterocycles. The van der Waals surface area contributed by atoms with Gasteiger partial charge in [0, 0.05) is 49.3 Å². The van der Waals surface area contributed by atoms with Crippen LogP contribution in [0.2, 0.25) is 0 Å². The smallest absolute Gasteiger partial charge is 0.136 e. The topological polar surface area (TPSA) is 47.4 Å². The van der Waals surface area contributed by atoms with Gasteiger partial charge in [0.1, 0.15) is 11.2 Å². The second kappa shape index (κ2) is 9.72. The summed E-state index contributed by atoms with van der Waals surface area (Å²) in [5.41, 5.74) is 12.4. The molecule has 0 radical (unpaired) electrons. The van der Waals surface area contributed by atoms with Gasteiger partial charge in [-0.15, -0.1) is 0 Å². The van der Waals surface area contributed by atoms with Gasteiger partial charge in [-0.25, -0.2) is 4.68 Å². The zero-order chi connectivity index (χ0) is 32.2. The Morgan fingerprint density at radius 2 is 1.41 bits per heavy atom. The van der Waals surface area contributed by atoms with Crippen LogP contribution in [0.3, 0.4) is 0 Å². The number of aromatic nitrogens is 2. The average Bonchev–Trinajstić information content (AvgIpc) is 3.79. The lowest BCUT2D eigenvalue weighted by Crippen LogP contribution is -2.35. The van der Waals surface area contributed by atoms with Crippen LogP contribution in [0.1, 0.15) is 5.56 Å². The number of rotatable bonds is 2. The third kappa shape index (κ3) is 3.67. The summed E-state index contributed by atoms with van der Waals surface area (Å²) in [6.45, 7) is 4.53. The van der Waals surface area contributed by atoms with Crippen LogP contribution in [-0.4, -0.2) is 21.0 Å². The van der Waals surface area contributed by atoms with Gasteiger partial charge in [-0.3, -0.25) is 0 Å². The zero-order valence-electron chi connectivity index (χ0n) is 26.4. The number of benzene rings is 6. The van der Waals surface area contributed by atoms with Crippen LogP contribution in [0.4, 0.5) is 0 Å². The van der Waals surface area contributed by atoms with Crippen molar-refractivity contribution in [1.29, 1.82) is 0 Å². The van der Waals surface area contributed by atoms with E-state index in [1.165, 1.54) is 21.8 Å². The molecule has 0 saturated heterocycles. The first-order valence-electron chi connectivity index (χ1n) is 16.6. The molecule has 1 atom stereocenters. The van der Waals surface area contributed by atoms with Crippen LogP contribution in [-0.2, 0) is 0 Å². The summed E-state index contributed by atoms with van der Waals surface area (Å²) >= 11 is 0. The third-order valence-electron chi connectivity index (χ3n) is 10.2. The maximum Gasteiger partial charge on any atom is 0.136 e. The molecular formula is C44H28N4O. The summed E-state index contributed by atoms with van der Waals surface area (Å²) in [6, 6.07) is 43.3. The standard InChI is InChI=1S/C44H28N4O/c1-26-33-25-41-42(32-14-6-10-18-40(32)49-41)43-34-23-27(20-22-38(34)48(44(33)43)46-36-16-8-7-15-35(36)45-26)28-19-21-31-30-13-5-9-17-37(30)47(39(31)24-28)29-11-3-2-4-12-29/h2-25,35,45H,1H2/b46-36-. The summed E-state index contributed by atoms with van der Waals surface area (Å²) in [5, 5.41) is 15.8. The van der Waals surface area contributed by atoms with Crippen molar-refractivity contribution < 1.29 is 4.42 Å². The van der Waals surface area contributed by atoms with Gasteiger partial charge in [0.05, 0.1) is 33.8 Å². The molecule has 0 bridgehead atoms. The molecular weight excluding hydrogens is 601 g/mol. The van der Waals surface area contributed by atoms with Gasteiger partial charge in [0.2, 0.25) is 0 Å². The fourth-order valence-corrected chi connectivity index (χ4v) is 8.05. The quantitative estimate of drug-likeness (QED) is 0.207. The number of fused-ring (bicyclic) bond motifs is 11. The van der Waals surface area contributed by atoms with E-state index in [-0.39, 0.29) is 6.04 Å². The minimum absolute atomic E-state index is 0.0770. The minimum Gasteiger partial charge on any atom is -0.456 e. The van der Waals surface area contributed by atoms with Crippen molar-refractivity contribution in [3.63, 3.8) is 0 Å². The van der Waals surface area contributed by atoms with E-state index < -0.39 is 0 Å². The maximum absolute atomic E-state index is 6.52. The molecule has 0 spiro atoms. The maximum atomic E-state index is 6.52. The van der Waals surface area contributed by atoms with Gasteiger partial charge >= 0.3 is 0 Å². The Hall–Kier alpha value is -6.59. The van der Waals surface area contributed by atoms with E-state index in [0.717, 1.165) is 77.5 Å². The number of para-hydroxylation sites is 3. The number of nitrogens with zero attached hydrogens (tertiary/aromatic N) is 3. The van der Waals surface area contributed by atoms with Crippen molar-refractivity contribution >= 4 is 77.0 Å². The molecule has 4 heterocycles. The van der Waals surface area contributed by atoms with Crippen molar-refractivity contribution in [2.45, 2.75) is 6.04 Å². The fourth-order valence-electron chi connectivity index (χ4n) is 8.05. The van der Waals surface area contributed by atoms with Gasteiger partial charge in [-0.1, -0.05) is 97.6 Å². The van der Waals surface area contributed by atoms with E-state index in [9.17, 15) is 0 Å². The highest BCUT2D eigenvalue weighted by molar-refractivity contribution is 6.29. The first-order valence-corrected chi connectivity index (χ1v) is 16.6. The number of furan rings is 1. The highest BCUT2D eigenvalue weighted by Gasteiger charge is 2.27. The molecule has 2 aliphatic rings. The van der Waals surface area contributed by atoms with E-state index in [2.05, 4.69) is 149 Å². The van der Waals surface area contributed by atoms with Crippen LogP contribution in [0, 0.1) is 0 Å². The number of nitrogens with one attached hydrogen (secondary N) is 1. The monoisotopic (exact) mass is 628 g/mol. The Kier molecular flexibility index (Phi) is 5.25. The van der Waals surface area contributed by atoms with Gasteiger partial charge < -0.3 is 14.3 Å². The summed E-state index contributed by atoms with van der Waals surface area (Å²) in [7, 11) is 0. The molecule has 3 aromatic heterocycles. The van der Waals surface area contributed by atoms with Gasteiger partial charge in [-0.2, -0.15) is 5.10 Å². The van der Waals surface area contributed by atoms with Crippen LogP contribution in [0.25, 0.3) is 88.1 Å². The molecule has 49 heavy (non-hydrogen) atoms. The van der Waals surface area contributed by atoms with Crippen LogP contribution in [0.5, 0.6) is 0 Å². The fraction of sp³-hybridized carbons (Fsp3) is 0.0227. The van der Waals surface area contributed by atoms with Crippen molar-refractivity contribution in [3.8, 4) is 16.8 Å². The van der Waals surface area contributed by atoms with Crippen molar-refractivity contribution in [2.75, 3.05) is 0 Å². The molecule has 230 valence electrons. The Bertz CT molecular complexity index is 2980. The lowest BCUT2D eigenvalue weighted by molar-refractivity contribution is 0.669. The Morgan fingerprint density at radius 1 is 0.633 bits per heavy atom. The van der Waals surface area contributed by atoms with Crippen LogP contribution < -0.4 is 5.32 Å². The van der Waals surface area contributed by atoms with Gasteiger partial charge in [-0.05, 0) is 65.7 Å². The van der Waals surface area contributed by atoms with E-state index in [1.807, 2.05) is 18.2 Å². The summed E-state index contributed by atoms with van der Waals surface area (Å²) in [6.07, 6.45) is 8.30. The lowest BCUT2D eigenvalue weighted by atomic mass is 9.97. The van der Waals surface area contributed by atoms with Crippen LogP contribution in [0.15, 0.2) is 162 Å². The minimum atomic E-state index is -0.0770. The third-order valence-corrected chi connectivity index (χ3v) is 10.2. The summed E-state index contributed by atoms with van der Waals surface area (Å²) in [4.78, 5) is 0. The number of allylic oxidation sites excluding steroid dienone is 2. The van der Waals surface area contributed by atoms with E-state index in [0.29, 0.717) is 0 Å². The first-order chi connectivity index (χ1) is 24.2. The Balaban J connectivity index is 1.24. The molecule has 0 saturated carbocycles. The average molecular weight is 629 g/mol. The van der Waals surface area contributed by atoms with Gasteiger partial charge in [0.15, 0.2) is 0 Å². The zero-order valence-corrected chi connectivity index (χ0v) is 26.4. The SMILES string of the molecule is C=C1NC2C=CC=C/C2=N/n2c3ccc(-c4ccc5c6ccccc6n(-c6ccccc6)c5c4)cc3c3c4c(cc1c32)oc1ccccc14. The number of hydrogen-bond acceptors (Lipinski definition) is 3. The lowest BCUT2D eigenvalue weighted by Gasteiger charge is -2.24.